The first-order valence-corrected chi connectivity index (χ1v) is 10.8. The molecule has 2 aromatic heterocycles. The minimum absolute atomic E-state index is 0.0372. The predicted molar refractivity (Wildman–Crippen MR) is 102 cm³/mol. The summed E-state index contributed by atoms with van der Waals surface area (Å²) < 4.78 is 29.6. The molecular formula is C18H20N4O4S. The van der Waals surface area contributed by atoms with Gasteiger partial charge in [0.2, 0.25) is 0 Å². The van der Waals surface area contributed by atoms with Gasteiger partial charge in [-0.1, -0.05) is 12.1 Å². The monoisotopic (exact) mass is 388 g/mol. The molecule has 142 valence electrons. The molecule has 8 nitrogen and oxygen atoms in total. The van der Waals surface area contributed by atoms with E-state index >= 15 is 0 Å². The van der Waals surface area contributed by atoms with Gasteiger partial charge in [-0.25, -0.2) is 18.4 Å². The average molecular weight is 388 g/mol. The van der Waals surface area contributed by atoms with Gasteiger partial charge < -0.3 is 14.4 Å². The van der Waals surface area contributed by atoms with Crippen LogP contribution in [-0.4, -0.2) is 78.2 Å². The fourth-order valence-electron chi connectivity index (χ4n) is 4.16. The fraction of sp³-hybridized carbons (Fsp3) is 0.444. The summed E-state index contributed by atoms with van der Waals surface area (Å²) in [6.45, 7) is 2.71. The summed E-state index contributed by atoms with van der Waals surface area (Å²) in [7, 11) is -3.14. The van der Waals surface area contributed by atoms with E-state index in [0.29, 0.717) is 31.8 Å². The molecule has 3 aromatic rings. The highest BCUT2D eigenvalue weighted by atomic mass is 32.2. The first kappa shape index (κ1) is 16.9. The summed E-state index contributed by atoms with van der Waals surface area (Å²) in [5.41, 5.74) is 2.26. The lowest BCUT2D eigenvalue weighted by molar-refractivity contribution is 0.0792. The summed E-state index contributed by atoms with van der Waals surface area (Å²) in [5, 5.41) is 11.1. The smallest absolute Gasteiger partial charge is 0.196 e. The van der Waals surface area contributed by atoms with Crippen LogP contribution >= 0.6 is 0 Å². The normalized spacial score (nSPS) is 26.2. The summed E-state index contributed by atoms with van der Waals surface area (Å²) in [6.07, 6.45) is 0.752. The molecule has 27 heavy (non-hydrogen) atoms. The third-order valence-electron chi connectivity index (χ3n) is 5.52. The Hall–Kier alpha value is -2.23. The lowest BCUT2D eigenvalue weighted by Crippen LogP contribution is -2.53. The van der Waals surface area contributed by atoms with Crippen LogP contribution in [0, 0.1) is 0 Å². The number of aliphatic hydroxyl groups is 1. The van der Waals surface area contributed by atoms with Crippen molar-refractivity contribution in [3.63, 3.8) is 0 Å². The molecule has 1 N–H and O–H groups in total. The van der Waals surface area contributed by atoms with Gasteiger partial charge in [0.25, 0.3) is 0 Å². The number of hydrogen-bond acceptors (Lipinski definition) is 8. The molecule has 0 spiro atoms. The van der Waals surface area contributed by atoms with Crippen molar-refractivity contribution in [3.8, 4) is 0 Å². The number of sulfone groups is 1. The topological polar surface area (TPSA) is 99.8 Å². The number of aromatic nitrogens is 2. The van der Waals surface area contributed by atoms with Crippen molar-refractivity contribution in [2.24, 2.45) is 0 Å². The number of para-hydroxylation sites is 1. The molecule has 2 saturated heterocycles. The number of hydrogen-bond donors (Lipinski definition) is 1. The first-order chi connectivity index (χ1) is 13.0. The number of anilines is 1. The quantitative estimate of drug-likeness (QED) is 0.683. The first-order valence-electron chi connectivity index (χ1n) is 9.01. The van der Waals surface area contributed by atoms with E-state index in [-0.39, 0.29) is 17.5 Å². The Labute approximate surface area is 156 Å². The summed E-state index contributed by atoms with van der Waals surface area (Å²) >= 11 is 0. The number of fused-ring (bicyclic) bond motifs is 3. The lowest BCUT2D eigenvalue weighted by atomic mass is 10.1. The van der Waals surface area contributed by atoms with Crippen LogP contribution in [0.3, 0.4) is 0 Å². The second-order valence-electron chi connectivity index (χ2n) is 7.21. The molecule has 9 heteroatoms. The van der Waals surface area contributed by atoms with Gasteiger partial charge in [0, 0.05) is 31.6 Å². The molecule has 0 aliphatic carbocycles. The maximum absolute atomic E-state index is 11.8. The molecule has 2 fully saturated rings. The molecule has 0 bridgehead atoms. The second kappa shape index (κ2) is 6.15. The van der Waals surface area contributed by atoms with E-state index in [2.05, 4.69) is 19.8 Å². The molecule has 2 aliphatic rings. The largest absolute Gasteiger partial charge is 0.450 e. The van der Waals surface area contributed by atoms with E-state index in [1.807, 2.05) is 24.3 Å². The van der Waals surface area contributed by atoms with Crippen LogP contribution in [0.2, 0.25) is 0 Å². The van der Waals surface area contributed by atoms with E-state index in [1.54, 1.807) is 6.33 Å². The Morgan fingerprint density at radius 2 is 1.85 bits per heavy atom. The minimum atomic E-state index is -3.14. The van der Waals surface area contributed by atoms with E-state index < -0.39 is 15.9 Å². The van der Waals surface area contributed by atoms with Crippen LogP contribution in [-0.2, 0) is 9.84 Å². The van der Waals surface area contributed by atoms with Crippen LogP contribution in [0.4, 0.5) is 5.82 Å². The lowest BCUT2D eigenvalue weighted by Gasteiger charge is -2.38. The Balaban J connectivity index is 1.40. The fourth-order valence-corrected chi connectivity index (χ4v) is 5.99. The highest BCUT2D eigenvalue weighted by Crippen LogP contribution is 2.32. The Kier molecular flexibility index (Phi) is 3.85. The third kappa shape index (κ3) is 2.86. The zero-order chi connectivity index (χ0) is 18.6. The Morgan fingerprint density at radius 3 is 2.59 bits per heavy atom. The number of rotatable bonds is 2. The van der Waals surface area contributed by atoms with Gasteiger partial charge in [0.15, 0.2) is 21.2 Å². The van der Waals surface area contributed by atoms with Crippen molar-refractivity contribution in [2.45, 2.75) is 12.1 Å². The zero-order valence-corrected chi connectivity index (χ0v) is 15.5. The maximum atomic E-state index is 11.8. The van der Waals surface area contributed by atoms with Crippen LogP contribution in [0.1, 0.15) is 0 Å². The molecule has 0 unspecified atom stereocenters. The number of benzene rings is 1. The molecule has 2 aliphatic heterocycles. The molecule has 0 amide bonds. The molecule has 5 rings (SSSR count). The van der Waals surface area contributed by atoms with Crippen LogP contribution in [0.25, 0.3) is 22.1 Å². The van der Waals surface area contributed by atoms with Gasteiger partial charge in [0.1, 0.15) is 17.4 Å². The van der Waals surface area contributed by atoms with Crippen molar-refractivity contribution >= 4 is 37.7 Å². The maximum Gasteiger partial charge on any atom is 0.196 e. The Bertz CT molecular complexity index is 1100. The number of aliphatic hydroxyl groups excluding tert-OH is 1. The SMILES string of the molecule is O=S1(=O)C[C@@H](O)[C@H](N2CCN(c3ncnc4c3oc3ccccc34)CC2)C1. The van der Waals surface area contributed by atoms with Crippen molar-refractivity contribution in [1.29, 1.82) is 0 Å². The van der Waals surface area contributed by atoms with Crippen LogP contribution in [0.15, 0.2) is 35.0 Å². The second-order valence-corrected chi connectivity index (χ2v) is 9.36. The highest BCUT2D eigenvalue weighted by Gasteiger charge is 2.41. The van der Waals surface area contributed by atoms with Crippen molar-refractivity contribution in [3.05, 3.63) is 30.6 Å². The summed E-state index contributed by atoms with van der Waals surface area (Å²) in [6, 6.07) is 7.48. The standard InChI is InChI=1S/C18H20N4O4S/c23-14-10-27(24,25)9-13(14)21-5-7-22(8-6-21)18-17-16(19-11-20-18)12-3-1-2-4-15(12)26-17/h1-4,11,13-14,23H,5-10H2/t13-,14-/m1/s1. The molecule has 1 aromatic carbocycles. The van der Waals surface area contributed by atoms with Gasteiger partial charge in [-0.05, 0) is 12.1 Å². The van der Waals surface area contributed by atoms with Gasteiger partial charge >= 0.3 is 0 Å². The third-order valence-corrected chi connectivity index (χ3v) is 7.21. The van der Waals surface area contributed by atoms with Gasteiger partial charge in [0.05, 0.1) is 23.7 Å². The zero-order valence-electron chi connectivity index (χ0n) is 14.7. The molecular weight excluding hydrogens is 368 g/mol. The van der Waals surface area contributed by atoms with Crippen molar-refractivity contribution < 1.29 is 17.9 Å². The summed E-state index contributed by atoms with van der Waals surface area (Å²) in [5.74, 6) is 0.661. The average Bonchev–Trinajstić information content (AvgIpc) is 3.18. The number of furan rings is 1. The molecule has 2 atom stereocenters. The predicted octanol–water partition coefficient (Wildman–Crippen LogP) is 0.656. The van der Waals surface area contributed by atoms with Crippen molar-refractivity contribution in [1.82, 2.24) is 14.9 Å². The van der Waals surface area contributed by atoms with E-state index in [9.17, 15) is 13.5 Å². The van der Waals surface area contributed by atoms with E-state index in [1.165, 1.54) is 0 Å². The van der Waals surface area contributed by atoms with Gasteiger partial charge in [-0.3, -0.25) is 4.90 Å². The minimum Gasteiger partial charge on any atom is -0.450 e. The number of piperazine rings is 1. The van der Waals surface area contributed by atoms with Gasteiger partial charge in [-0.15, -0.1) is 0 Å². The molecule has 4 heterocycles. The van der Waals surface area contributed by atoms with Crippen LogP contribution < -0.4 is 4.90 Å². The van der Waals surface area contributed by atoms with Crippen molar-refractivity contribution in [2.75, 3.05) is 42.6 Å². The van der Waals surface area contributed by atoms with Gasteiger partial charge in [-0.2, -0.15) is 0 Å². The van der Waals surface area contributed by atoms with Crippen LogP contribution in [0.5, 0.6) is 0 Å². The Morgan fingerprint density at radius 1 is 1.07 bits per heavy atom. The highest BCUT2D eigenvalue weighted by molar-refractivity contribution is 7.91. The van der Waals surface area contributed by atoms with E-state index in [0.717, 1.165) is 22.3 Å². The molecule has 0 radical (unpaired) electrons. The molecule has 0 saturated carbocycles. The number of nitrogens with zero attached hydrogens (tertiary/aromatic N) is 4. The summed E-state index contributed by atoms with van der Waals surface area (Å²) in [4.78, 5) is 13.0. The van der Waals surface area contributed by atoms with E-state index in [4.69, 9.17) is 4.42 Å².